The number of hydrogen-bond donors (Lipinski definition) is 1. The number of H-pyrrole nitrogens is 1. The van der Waals surface area contributed by atoms with Crippen molar-refractivity contribution in [1.82, 2.24) is 9.55 Å². The number of pyridine rings is 1. The molecule has 0 saturated carbocycles. The molecule has 2 heterocycles. The number of para-hydroxylation sites is 2. The lowest BCUT2D eigenvalue weighted by Gasteiger charge is -2.20. The molecule has 0 aliphatic carbocycles. The summed E-state index contributed by atoms with van der Waals surface area (Å²) < 4.78 is 2.20. The quantitative estimate of drug-likeness (QED) is 0.479. The van der Waals surface area contributed by atoms with Crippen LogP contribution in [0.3, 0.4) is 0 Å². The molecule has 3 heteroatoms. The van der Waals surface area contributed by atoms with Gasteiger partial charge in [0.25, 0.3) is 0 Å². The van der Waals surface area contributed by atoms with Gasteiger partial charge in [-0.2, -0.15) is 0 Å². The molecule has 3 nitrogen and oxygen atoms in total. The Morgan fingerprint density at radius 3 is 2.67 bits per heavy atom. The number of aromatic amines is 1. The second-order valence-corrected chi connectivity index (χ2v) is 6.88. The Balaban J connectivity index is 1.84. The molecule has 0 aliphatic rings. The maximum absolute atomic E-state index is 12.5. The molecular weight excluding hydrogens is 332 g/mol. The molecule has 1 N–H and O–H groups in total. The van der Waals surface area contributed by atoms with Gasteiger partial charge < -0.3 is 9.55 Å². The molecule has 1 atom stereocenters. The normalized spacial score (nSPS) is 12.3. The number of nitrogens with zero attached hydrogens (tertiary/aromatic N) is 1. The topological polar surface area (TPSA) is 37.8 Å². The van der Waals surface area contributed by atoms with Crippen molar-refractivity contribution >= 4 is 27.4 Å². The van der Waals surface area contributed by atoms with Crippen LogP contribution in [0.25, 0.3) is 27.4 Å². The van der Waals surface area contributed by atoms with E-state index in [0.717, 1.165) is 28.9 Å². The SMILES string of the molecule is C=CCC(C(=C)c1cc(=O)c2ccccc2[nH]1)c1cc2ccccc2n1C. The Morgan fingerprint density at radius 2 is 1.89 bits per heavy atom. The Kier molecular flexibility index (Phi) is 4.28. The Morgan fingerprint density at radius 1 is 1.15 bits per heavy atom. The van der Waals surface area contributed by atoms with E-state index in [4.69, 9.17) is 0 Å². The lowest BCUT2D eigenvalue weighted by atomic mass is 9.90. The molecule has 0 saturated heterocycles. The van der Waals surface area contributed by atoms with E-state index in [0.29, 0.717) is 5.39 Å². The molecule has 0 fully saturated rings. The summed E-state index contributed by atoms with van der Waals surface area (Å²) in [7, 11) is 2.07. The van der Waals surface area contributed by atoms with E-state index >= 15 is 0 Å². The van der Waals surface area contributed by atoms with Gasteiger partial charge in [-0.15, -0.1) is 6.58 Å². The number of allylic oxidation sites excluding steroid dienone is 2. The third-order valence-corrected chi connectivity index (χ3v) is 5.25. The summed E-state index contributed by atoms with van der Waals surface area (Å²) in [6, 6.07) is 19.7. The minimum absolute atomic E-state index is 0.00916. The molecule has 2 aromatic heterocycles. The first-order valence-corrected chi connectivity index (χ1v) is 9.06. The van der Waals surface area contributed by atoms with Gasteiger partial charge in [-0.1, -0.05) is 43.0 Å². The van der Waals surface area contributed by atoms with Crippen molar-refractivity contribution in [2.45, 2.75) is 12.3 Å². The molecule has 0 amide bonds. The largest absolute Gasteiger partial charge is 0.355 e. The zero-order valence-corrected chi connectivity index (χ0v) is 15.4. The van der Waals surface area contributed by atoms with Gasteiger partial charge in [0.05, 0.1) is 0 Å². The molecule has 0 spiro atoms. The van der Waals surface area contributed by atoms with E-state index in [9.17, 15) is 4.79 Å². The second-order valence-electron chi connectivity index (χ2n) is 6.88. The molecular formula is C24H22N2O. The highest BCUT2D eigenvalue weighted by molar-refractivity contribution is 5.84. The molecule has 4 aromatic rings. The highest BCUT2D eigenvalue weighted by Crippen LogP contribution is 2.35. The monoisotopic (exact) mass is 354 g/mol. The first kappa shape index (κ1) is 17.1. The average molecular weight is 354 g/mol. The van der Waals surface area contributed by atoms with Crippen molar-refractivity contribution in [3.8, 4) is 0 Å². The molecule has 2 aromatic carbocycles. The first-order valence-electron chi connectivity index (χ1n) is 9.06. The van der Waals surface area contributed by atoms with Crippen LogP contribution in [-0.4, -0.2) is 9.55 Å². The third-order valence-electron chi connectivity index (χ3n) is 5.25. The highest BCUT2D eigenvalue weighted by Gasteiger charge is 2.21. The van der Waals surface area contributed by atoms with Gasteiger partial charge in [0.1, 0.15) is 0 Å². The van der Waals surface area contributed by atoms with E-state index in [2.05, 4.69) is 48.0 Å². The Bertz CT molecular complexity index is 1230. The van der Waals surface area contributed by atoms with E-state index < -0.39 is 0 Å². The lowest BCUT2D eigenvalue weighted by Crippen LogP contribution is -2.10. The van der Waals surface area contributed by atoms with Gasteiger partial charge >= 0.3 is 0 Å². The van der Waals surface area contributed by atoms with E-state index in [1.807, 2.05) is 42.5 Å². The summed E-state index contributed by atoms with van der Waals surface area (Å²) >= 11 is 0. The summed E-state index contributed by atoms with van der Waals surface area (Å²) in [6.07, 6.45) is 2.66. The van der Waals surface area contributed by atoms with Crippen LogP contribution in [0.1, 0.15) is 23.7 Å². The van der Waals surface area contributed by atoms with Crippen molar-refractivity contribution in [1.29, 1.82) is 0 Å². The van der Waals surface area contributed by atoms with Gasteiger partial charge in [0.2, 0.25) is 0 Å². The van der Waals surface area contributed by atoms with Crippen LogP contribution in [0.15, 0.2) is 84.7 Å². The standard InChI is InChI=1S/C24H22N2O/c1-4-9-18(23-14-17-10-5-8-13-22(17)26(23)3)16(2)21-15-24(27)19-11-6-7-12-20(19)25-21/h4-8,10-15,18H,1-2,9H2,3H3,(H,25,27). The number of benzene rings is 2. The van der Waals surface area contributed by atoms with Crippen LogP contribution in [0, 0.1) is 0 Å². The summed E-state index contributed by atoms with van der Waals surface area (Å²) in [5.41, 5.74) is 4.85. The smallest absolute Gasteiger partial charge is 0.190 e. The Labute approximate surface area is 158 Å². The van der Waals surface area contributed by atoms with Gasteiger partial charge in [0, 0.05) is 46.8 Å². The molecule has 4 rings (SSSR count). The minimum atomic E-state index is 0.00916. The third kappa shape index (κ3) is 2.91. The first-order chi connectivity index (χ1) is 13.1. The van der Waals surface area contributed by atoms with Crippen molar-refractivity contribution < 1.29 is 0 Å². The van der Waals surface area contributed by atoms with Gasteiger partial charge in [-0.25, -0.2) is 0 Å². The Hall–Kier alpha value is -3.33. The fraction of sp³-hybridized carbons (Fsp3) is 0.125. The van der Waals surface area contributed by atoms with Crippen LogP contribution in [0.5, 0.6) is 0 Å². The second kappa shape index (κ2) is 6.76. The molecule has 0 aliphatic heterocycles. The summed E-state index contributed by atoms with van der Waals surface area (Å²) in [6.45, 7) is 8.28. The number of rotatable bonds is 5. The van der Waals surface area contributed by atoms with Crippen LogP contribution in [0.2, 0.25) is 0 Å². The molecule has 1 unspecified atom stereocenters. The van der Waals surface area contributed by atoms with Gasteiger partial charge in [-0.05, 0) is 41.6 Å². The number of aromatic nitrogens is 2. The van der Waals surface area contributed by atoms with Crippen LogP contribution in [0.4, 0.5) is 0 Å². The fourth-order valence-corrected chi connectivity index (χ4v) is 3.81. The van der Waals surface area contributed by atoms with Gasteiger partial charge in [-0.3, -0.25) is 4.79 Å². The van der Waals surface area contributed by atoms with Crippen molar-refractivity contribution in [3.63, 3.8) is 0 Å². The van der Waals surface area contributed by atoms with E-state index in [1.165, 1.54) is 10.9 Å². The zero-order valence-electron chi connectivity index (χ0n) is 15.4. The molecule has 134 valence electrons. The lowest BCUT2D eigenvalue weighted by molar-refractivity contribution is 0.771. The van der Waals surface area contributed by atoms with Crippen LogP contribution < -0.4 is 5.43 Å². The predicted octanol–water partition coefficient (Wildman–Crippen LogP) is 5.39. The van der Waals surface area contributed by atoms with Crippen LogP contribution in [-0.2, 0) is 7.05 Å². The fourth-order valence-electron chi connectivity index (χ4n) is 3.81. The number of aryl methyl sites for hydroxylation is 1. The van der Waals surface area contributed by atoms with E-state index in [1.54, 1.807) is 6.07 Å². The maximum Gasteiger partial charge on any atom is 0.190 e. The van der Waals surface area contributed by atoms with Crippen molar-refractivity contribution in [3.05, 3.63) is 102 Å². The summed E-state index contributed by atoms with van der Waals surface area (Å²) in [5.74, 6) is 0.0386. The molecule has 27 heavy (non-hydrogen) atoms. The number of hydrogen-bond acceptors (Lipinski definition) is 1. The van der Waals surface area contributed by atoms with Gasteiger partial charge in [0.15, 0.2) is 5.43 Å². The highest BCUT2D eigenvalue weighted by atomic mass is 16.1. The summed E-state index contributed by atoms with van der Waals surface area (Å²) in [4.78, 5) is 15.9. The summed E-state index contributed by atoms with van der Waals surface area (Å²) in [5, 5.41) is 1.89. The van der Waals surface area contributed by atoms with Crippen molar-refractivity contribution in [2.75, 3.05) is 0 Å². The van der Waals surface area contributed by atoms with Crippen LogP contribution >= 0.6 is 0 Å². The van der Waals surface area contributed by atoms with E-state index in [-0.39, 0.29) is 11.3 Å². The number of fused-ring (bicyclic) bond motifs is 2. The molecule has 0 radical (unpaired) electrons. The minimum Gasteiger partial charge on any atom is -0.355 e. The maximum atomic E-state index is 12.5. The zero-order chi connectivity index (χ0) is 19.0. The average Bonchev–Trinajstić information content (AvgIpc) is 3.02. The predicted molar refractivity (Wildman–Crippen MR) is 114 cm³/mol. The molecule has 0 bridgehead atoms. The van der Waals surface area contributed by atoms with Crippen molar-refractivity contribution in [2.24, 2.45) is 7.05 Å². The number of nitrogens with one attached hydrogen (secondary N) is 1.